The molecule has 4 aliphatic heterocycles. The van der Waals surface area contributed by atoms with E-state index in [1.165, 1.54) is 10.6 Å². The second-order valence-corrected chi connectivity index (χ2v) is 10.0. The van der Waals surface area contributed by atoms with Crippen molar-refractivity contribution in [1.29, 1.82) is 0 Å². The molecule has 6 atom stereocenters. The number of fused-ring (bicyclic) bond motifs is 4. The summed E-state index contributed by atoms with van der Waals surface area (Å²) in [4.78, 5) is 33.1. The third-order valence-electron chi connectivity index (χ3n) is 7.92. The summed E-state index contributed by atoms with van der Waals surface area (Å²) >= 11 is 0. The maximum absolute atomic E-state index is 14.0. The number of hydrogen-bond donors (Lipinski definition) is 1. The minimum absolute atomic E-state index is 0.0167. The highest BCUT2D eigenvalue weighted by Crippen LogP contribution is 2.48. The minimum Gasteiger partial charge on any atom is -0.377 e. The first-order chi connectivity index (χ1) is 16.3. The largest absolute Gasteiger partial charge is 0.408 e. The SMILES string of the molecule is O=C(CN1c2nc(NC[C@H]3OC[C@@H]4CC43)cc(=O)n2CC[C@H]1C(F)(F)F)N1C2CCC1COC2. The molecule has 1 amide bonds. The Kier molecular flexibility index (Phi) is 5.28. The topological polar surface area (TPSA) is 88.9 Å². The Balaban J connectivity index is 1.27. The van der Waals surface area contributed by atoms with Crippen LogP contribution in [-0.4, -0.2) is 83.7 Å². The number of rotatable bonds is 5. The highest BCUT2D eigenvalue weighted by molar-refractivity contribution is 5.82. The molecule has 0 aromatic carbocycles. The molecule has 1 aliphatic carbocycles. The third kappa shape index (κ3) is 3.84. The number of anilines is 2. The van der Waals surface area contributed by atoms with Crippen LogP contribution >= 0.6 is 0 Å². The molecule has 5 aliphatic rings. The summed E-state index contributed by atoms with van der Waals surface area (Å²) in [5, 5.41) is 3.08. The zero-order valence-electron chi connectivity index (χ0n) is 18.7. The molecule has 1 saturated carbocycles. The number of hydrogen-bond acceptors (Lipinski definition) is 7. The number of nitrogens with zero attached hydrogens (tertiary/aromatic N) is 4. The lowest BCUT2D eigenvalue weighted by Crippen LogP contribution is -2.58. The third-order valence-corrected chi connectivity index (χ3v) is 7.92. The number of carbonyl (C=O) groups is 1. The van der Waals surface area contributed by atoms with Gasteiger partial charge < -0.3 is 24.6 Å². The summed E-state index contributed by atoms with van der Waals surface area (Å²) in [5.41, 5.74) is -0.436. The zero-order valence-corrected chi connectivity index (χ0v) is 18.7. The quantitative estimate of drug-likeness (QED) is 0.674. The Hall–Kier alpha value is -2.34. The Labute approximate surface area is 194 Å². The van der Waals surface area contributed by atoms with E-state index in [1.807, 2.05) is 0 Å². The molecule has 1 aromatic rings. The van der Waals surface area contributed by atoms with Crippen LogP contribution in [0.4, 0.5) is 24.9 Å². The first kappa shape index (κ1) is 22.1. The van der Waals surface area contributed by atoms with Gasteiger partial charge in [0, 0.05) is 19.2 Å². The molecule has 4 fully saturated rings. The van der Waals surface area contributed by atoms with Crippen LogP contribution in [0.25, 0.3) is 0 Å². The monoisotopic (exact) mass is 483 g/mol. The highest BCUT2D eigenvalue weighted by Gasteiger charge is 2.50. The normalized spacial score (nSPS) is 34.1. The molecule has 1 N–H and O–H groups in total. The Morgan fingerprint density at radius 3 is 2.59 bits per heavy atom. The standard InChI is InChI=1S/C22H28F3N5O4/c23-22(24,25)17-3-4-28-19(31)6-18(26-7-16-15-5-12(15)9-34-16)27-21(28)29(17)8-20(32)30-13-1-2-14(30)11-33-10-13/h6,12-17,26H,1-5,7-11H2/t12-,13?,14?,15?,16+,17-/m0/s1. The molecule has 34 heavy (non-hydrogen) atoms. The zero-order chi connectivity index (χ0) is 23.6. The molecular weight excluding hydrogens is 455 g/mol. The molecule has 3 saturated heterocycles. The maximum Gasteiger partial charge on any atom is 0.408 e. The van der Waals surface area contributed by atoms with Gasteiger partial charge in [-0.05, 0) is 37.5 Å². The number of aromatic nitrogens is 2. The Morgan fingerprint density at radius 2 is 1.94 bits per heavy atom. The molecule has 9 nitrogen and oxygen atoms in total. The number of amides is 1. The van der Waals surface area contributed by atoms with Crippen molar-refractivity contribution in [3.63, 3.8) is 0 Å². The second-order valence-electron chi connectivity index (χ2n) is 10.0. The van der Waals surface area contributed by atoms with E-state index in [-0.39, 0.29) is 48.8 Å². The van der Waals surface area contributed by atoms with Gasteiger partial charge >= 0.3 is 6.18 Å². The summed E-state index contributed by atoms with van der Waals surface area (Å²) < 4.78 is 54.5. The molecule has 12 heteroatoms. The fourth-order valence-electron chi connectivity index (χ4n) is 6.05. The Morgan fingerprint density at radius 1 is 1.18 bits per heavy atom. The first-order valence-electron chi connectivity index (χ1n) is 12.0. The molecule has 5 heterocycles. The maximum atomic E-state index is 14.0. The molecule has 0 radical (unpaired) electrons. The Bertz CT molecular complexity index is 1020. The van der Waals surface area contributed by atoms with Crippen LogP contribution < -0.4 is 15.8 Å². The number of alkyl halides is 3. The van der Waals surface area contributed by atoms with E-state index in [2.05, 4.69) is 10.3 Å². The van der Waals surface area contributed by atoms with E-state index < -0.39 is 24.3 Å². The van der Waals surface area contributed by atoms with Gasteiger partial charge in [-0.2, -0.15) is 18.2 Å². The van der Waals surface area contributed by atoms with Gasteiger partial charge in [-0.15, -0.1) is 0 Å². The summed E-state index contributed by atoms with van der Waals surface area (Å²) in [6.45, 7) is 1.38. The van der Waals surface area contributed by atoms with Gasteiger partial charge in [0.1, 0.15) is 18.4 Å². The average molecular weight is 483 g/mol. The van der Waals surface area contributed by atoms with Crippen molar-refractivity contribution in [3.05, 3.63) is 16.4 Å². The van der Waals surface area contributed by atoms with Gasteiger partial charge in [-0.3, -0.25) is 14.2 Å². The first-order valence-corrected chi connectivity index (χ1v) is 12.0. The molecule has 6 rings (SSSR count). The van der Waals surface area contributed by atoms with Crippen molar-refractivity contribution < 1.29 is 27.4 Å². The van der Waals surface area contributed by atoms with Gasteiger partial charge in [-0.1, -0.05) is 0 Å². The van der Waals surface area contributed by atoms with Crippen LogP contribution in [0.1, 0.15) is 25.7 Å². The summed E-state index contributed by atoms with van der Waals surface area (Å²) in [6.07, 6.45) is -2.16. The molecule has 1 aromatic heterocycles. The fourth-order valence-corrected chi connectivity index (χ4v) is 6.05. The smallest absolute Gasteiger partial charge is 0.377 e. The van der Waals surface area contributed by atoms with Crippen molar-refractivity contribution in [1.82, 2.24) is 14.5 Å². The lowest BCUT2D eigenvalue weighted by atomic mass is 10.1. The summed E-state index contributed by atoms with van der Waals surface area (Å²) in [6, 6.07) is -0.802. The highest BCUT2D eigenvalue weighted by atomic mass is 19.4. The van der Waals surface area contributed by atoms with Crippen LogP contribution in [0.3, 0.4) is 0 Å². The van der Waals surface area contributed by atoms with Crippen molar-refractivity contribution in [2.75, 3.05) is 43.1 Å². The number of carbonyl (C=O) groups excluding carboxylic acids is 1. The van der Waals surface area contributed by atoms with Crippen LogP contribution in [0.15, 0.2) is 10.9 Å². The number of halogens is 3. The van der Waals surface area contributed by atoms with Crippen molar-refractivity contribution in [2.24, 2.45) is 11.8 Å². The van der Waals surface area contributed by atoms with Gasteiger partial charge in [-0.25, -0.2) is 0 Å². The van der Waals surface area contributed by atoms with E-state index in [4.69, 9.17) is 9.47 Å². The van der Waals surface area contributed by atoms with Crippen LogP contribution in [0.5, 0.6) is 0 Å². The van der Waals surface area contributed by atoms with Crippen molar-refractivity contribution >= 4 is 17.7 Å². The van der Waals surface area contributed by atoms with Crippen LogP contribution in [0.2, 0.25) is 0 Å². The van der Waals surface area contributed by atoms with E-state index >= 15 is 0 Å². The van der Waals surface area contributed by atoms with Gasteiger partial charge in [0.05, 0.1) is 38.0 Å². The number of nitrogens with one attached hydrogen (secondary N) is 1. The average Bonchev–Trinajstić information content (AvgIpc) is 3.39. The molecule has 3 unspecified atom stereocenters. The lowest BCUT2D eigenvalue weighted by Gasteiger charge is -2.41. The molecule has 2 bridgehead atoms. The van der Waals surface area contributed by atoms with Crippen LogP contribution in [0, 0.1) is 11.8 Å². The number of ether oxygens (including phenoxy) is 2. The minimum atomic E-state index is -4.56. The van der Waals surface area contributed by atoms with E-state index in [0.717, 1.165) is 30.8 Å². The van der Waals surface area contributed by atoms with E-state index in [0.29, 0.717) is 31.6 Å². The van der Waals surface area contributed by atoms with Crippen molar-refractivity contribution in [3.8, 4) is 0 Å². The second kappa shape index (κ2) is 8.11. The summed E-state index contributed by atoms with van der Waals surface area (Å²) in [7, 11) is 0. The van der Waals surface area contributed by atoms with E-state index in [9.17, 15) is 22.8 Å². The lowest BCUT2D eigenvalue weighted by molar-refractivity contribution is -0.155. The van der Waals surface area contributed by atoms with E-state index in [1.54, 1.807) is 4.90 Å². The molecule has 0 spiro atoms. The predicted molar refractivity (Wildman–Crippen MR) is 115 cm³/mol. The summed E-state index contributed by atoms with van der Waals surface area (Å²) in [5.74, 6) is 0.798. The molecule has 186 valence electrons. The van der Waals surface area contributed by atoms with Gasteiger partial charge in [0.15, 0.2) is 0 Å². The van der Waals surface area contributed by atoms with Crippen molar-refractivity contribution in [2.45, 2.75) is 62.6 Å². The van der Waals surface area contributed by atoms with Gasteiger partial charge in [0.2, 0.25) is 11.9 Å². The molecular formula is C22H28F3N5O4. The fraction of sp³-hybridized carbons (Fsp3) is 0.773. The predicted octanol–water partition coefficient (Wildman–Crippen LogP) is 1.22. The van der Waals surface area contributed by atoms with Crippen LogP contribution in [-0.2, 0) is 20.8 Å². The number of morpholine rings is 1. The van der Waals surface area contributed by atoms with Gasteiger partial charge in [0.25, 0.3) is 5.56 Å².